The standard InChI is InChI=1S/C28H28F3N7O4/c1-14-26(27(40)34-19-8-20(39)9-19)15(2)37(35-14)25-10-24(22(31)11-32-25)42-21-12-36(13-21)28(41)38-23(3-4-33-38)16-5-17(29)7-18(30)6-16/h4-7,10-11,19-21,23,39H,3,8-9,12-13H2,1-2H3,(H,34,40)/t19-,20-,23-/m0/s1. The van der Waals surface area contributed by atoms with Crippen LogP contribution in [-0.2, 0) is 0 Å². The molecule has 2 aromatic heterocycles. The molecule has 6 rings (SSSR count). The van der Waals surface area contributed by atoms with E-state index in [0.29, 0.717) is 41.8 Å². The number of aryl methyl sites for hydroxylation is 1. The van der Waals surface area contributed by atoms with Crippen LogP contribution in [0.4, 0.5) is 18.0 Å². The van der Waals surface area contributed by atoms with Crippen LogP contribution in [0, 0.1) is 31.3 Å². The lowest BCUT2D eigenvalue weighted by atomic mass is 9.89. The maximum atomic E-state index is 14.7. The van der Waals surface area contributed by atoms with E-state index >= 15 is 0 Å². The van der Waals surface area contributed by atoms with E-state index in [9.17, 15) is 27.9 Å². The predicted octanol–water partition coefficient (Wildman–Crippen LogP) is 3.17. The van der Waals surface area contributed by atoms with E-state index in [1.807, 2.05) is 0 Å². The van der Waals surface area contributed by atoms with E-state index in [0.717, 1.165) is 12.3 Å². The van der Waals surface area contributed by atoms with Crippen LogP contribution >= 0.6 is 0 Å². The molecule has 1 saturated heterocycles. The molecule has 2 fully saturated rings. The third-order valence-corrected chi connectivity index (χ3v) is 7.70. The number of hydrogen-bond donors (Lipinski definition) is 2. The van der Waals surface area contributed by atoms with Crippen LogP contribution in [-0.4, -0.2) is 79.3 Å². The number of aromatic nitrogens is 3. The number of ether oxygens (including phenoxy) is 1. The Morgan fingerprint density at radius 3 is 2.48 bits per heavy atom. The number of urea groups is 1. The van der Waals surface area contributed by atoms with Crippen molar-refractivity contribution < 1.29 is 32.6 Å². The van der Waals surface area contributed by atoms with Gasteiger partial charge in [-0.3, -0.25) is 4.79 Å². The molecule has 42 heavy (non-hydrogen) atoms. The minimum atomic E-state index is -0.741. The average molecular weight is 584 g/mol. The number of carbonyl (C=O) groups is 2. The Bertz CT molecular complexity index is 1560. The van der Waals surface area contributed by atoms with Gasteiger partial charge >= 0.3 is 6.03 Å². The van der Waals surface area contributed by atoms with Crippen molar-refractivity contribution in [3.05, 3.63) is 70.4 Å². The van der Waals surface area contributed by atoms with Gasteiger partial charge in [0.2, 0.25) is 0 Å². The highest BCUT2D eigenvalue weighted by Crippen LogP contribution is 2.32. The number of benzene rings is 1. The maximum absolute atomic E-state index is 14.7. The van der Waals surface area contributed by atoms with Gasteiger partial charge in [-0.25, -0.2) is 32.6 Å². The second-order valence-corrected chi connectivity index (χ2v) is 10.8. The lowest BCUT2D eigenvalue weighted by Gasteiger charge is -2.41. The van der Waals surface area contributed by atoms with Gasteiger partial charge in [0.15, 0.2) is 17.4 Å². The summed E-state index contributed by atoms with van der Waals surface area (Å²) in [6, 6.07) is 3.29. The third kappa shape index (κ3) is 5.17. The number of hydrogen-bond acceptors (Lipinski definition) is 7. The first-order valence-corrected chi connectivity index (χ1v) is 13.5. The molecule has 2 aliphatic heterocycles. The molecular formula is C28H28F3N7O4. The molecule has 1 aliphatic carbocycles. The number of aliphatic hydroxyl groups excluding tert-OH is 1. The average Bonchev–Trinajstić information content (AvgIpc) is 3.49. The molecule has 14 heteroatoms. The Morgan fingerprint density at radius 1 is 1.07 bits per heavy atom. The van der Waals surface area contributed by atoms with Crippen molar-refractivity contribution in [1.29, 1.82) is 0 Å². The summed E-state index contributed by atoms with van der Waals surface area (Å²) < 4.78 is 49.4. The van der Waals surface area contributed by atoms with Crippen molar-refractivity contribution in [3.8, 4) is 11.6 Å². The smallest absolute Gasteiger partial charge is 0.341 e. The molecule has 4 heterocycles. The number of hydrazone groups is 1. The minimum Gasteiger partial charge on any atom is -0.483 e. The van der Waals surface area contributed by atoms with Crippen LogP contribution < -0.4 is 10.1 Å². The minimum absolute atomic E-state index is 0.0913. The zero-order chi connectivity index (χ0) is 29.7. The molecule has 1 saturated carbocycles. The van der Waals surface area contributed by atoms with Crippen molar-refractivity contribution >= 4 is 18.2 Å². The Hall–Kier alpha value is -4.46. The molecule has 0 bridgehead atoms. The summed E-state index contributed by atoms with van der Waals surface area (Å²) in [6.07, 6.45) is 2.91. The van der Waals surface area contributed by atoms with E-state index in [2.05, 4.69) is 20.5 Å². The fourth-order valence-corrected chi connectivity index (χ4v) is 5.41. The van der Waals surface area contributed by atoms with Crippen LogP contribution in [0.5, 0.6) is 5.75 Å². The summed E-state index contributed by atoms with van der Waals surface area (Å²) in [5.41, 5.74) is 1.65. The van der Waals surface area contributed by atoms with Gasteiger partial charge < -0.3 is 20.1 Å². The number of likely N-dealkylation sites (tertiary alicyclic amines) is 1. The van der Waals surface area contributed by atoms with E-state index in [1.54, 1.807) is 13.8 Å². The van der Waals surface area contributed by atoms with Gasteiger partial charge in [0.1, 0.15) is 17.7 Å². The molecule has 3 aliphatic rings. The molecule has 0 unspecified atom stereocenters. The summed E-state index contributed by atoms with van der Waals surface area (Å²) in [6.45, 7) is 3.69. The Balaban J connectivity index is 1.11. The number of halogens is 3. The summed E-state index contributed by atoms with van der Waals surface area (Å²) >= 11 is 0. The second kappa shape index (κ2) is 10.7. The fraction of sp³-hybridized carbons (Fsp3) is 0.393. The zero-order valence-electron chi connectivity index (χ0n) is 22.8. The van der Waals surface area contributed by atoms with Crippen molar-refractivity contribution in [2.75, 3.05) is 13.1 Å². The summed E-state index contributed by atoms with van der Waals surface area (Å²) in [7, 11) is 0. The molecule has 3 aromatic rings. The van der Waals surface area contributed by atoms with Gasteiger partial charge in [-0.1, -0.05) is 0 Å². The van der Waals surface area contributed by atoms with Crippen LogP contribution in [0.15, 0.2) is 35.6 Å². The van der Waals surface area contributed by atoms with Crippen LogP contribution in [0.25, 0.3) is 5.82 Å². The number of pyridine rings is 1. The summed E-state index contributed by atoms with van der Waals surface area (Å²) in [4.78, 5) is 31.5. The van der Waals surface area contributed by atoms with Crippen LogP contribution in [0.1, 0.15) is 52.6 Å². The highest BCUT2D eigenvalue weighted by molar-refractivity contribution is 5.96. The molecular weight excluding hydrogens is 555 g/mol. The molecule has 1 atom stereocenters. The van der Waals surface area contributed by atoms with Gasteiger partial charge in [-0.15, -0.1) is 0 Å². The van der Waals surface area contributed by atoms with Crippen molar-refractivity contribution in [3.63, 3.8) is 0 Å². The maximum Gasteiger partial charge on any atom is 0.341 e. The summed E-state index contributed by atoms with van der Waals surface area (Å²) in [5, 5.41) is 22.1. The second-order valence-electron chi connectivity index (χ2n) is 10.8. The van der Waals surface area contributed by atoms with Gasteiger partial charge in [0.25, 0.3) is 5.91 Å². The Labute approximate surface area is 238 Å². The third-order valence-electron chi connectivity index (χ3n) is 7.70. The first kappa shape index (κ1) is 27.7. The van der Waals surface area contributed by atoms with Crippen molar-refractivity contribution in [2.24, 2.45) is 5.10 Å². The van der Waals surface area contributed by atoms with Gasteiger partial charge in [-0.05, 0) is 44.4 Å². The predicted molar refractivity (Wildman–Crippen MR) is 143 cm³/mol. The first-order valence-electron chi connectivity index (χ1n) is 13.5. The number of nitrogens with zero attached hydrogens (tertiary/aromatic N) is 6. The quantitative estimate of drug-likeness (QED) is 0.460. The summed E-state index contributed by atoms with van der Waals surface area (Å²) in [5.74, 6) is -2.34. The number of rotatable bonds is 6. The molecule has 11 nitrogen and oxygen atoms in total. The lowest BCUT2D eigenvalue weighted by Crippen LogP contribution is -2.58. The molecule has 0 spiro atoms. The zero-order valence-corrected chi connectivity index (χ0v) is 22.8. The fourth-order valence-electron chi connectivity index (χ4n) is 5.41. The first-order chi connectivity index (χ1) is 20.1. The van der Waals surface area contributed by atoms with Crippen LogP contribution in [0.3, 0.4) is 0 Å². The van der Waals surface area contributed by atoms with Crippen molar-refractivity contribution in [2.45, 2.75) is 57.4 Å². The monoisotopic (exact) mass is 583 g/mol. The number of nitrogens with one attached hydrogen (secondary N) is 1. The van der Waals surface area contributed by atoms with E-state index in [1.165, 1.54) is 39.0 Å². The van der Waals surface area contributed by atoms with Gasteiger partial charge in [0, 0.05) is 30.8 Å². The number of amides is 3. The van der Waals surface area contributed by atoms with E-state index in [-0.39, 0.29) is 36.6 Å². The van der Waals surface area contributed by atoms with Crippen LogP contribution in [0.2, 0.25) is 0 Å². The van der Waals surface area contributed by atoms with Crippen molar-refractivity contribution in [1.82, 2.24) is 30.0 Å². The molecule has 0 radical (unpaired) electrons. The SMILES string of the molecule is Cc1nn(-c2cc(OC3CN(C(=O)N4N=CC[C@H]4c4cc(F)cc(F)c4)C3)c(F)cn2)c(C)c1C(=O)N[C@H]1C[C@H](O)C1. The Kier molecular flexibility index (Phi) is 7.09. The lowest BCUT2D eigenvalue weighted by molar-refractivity contribution is 0.0256. The molecule has 220 valence electrons. The van der Waals surface area contributed by atoms with Gasteiger partial charge in [0.05, 0.1) is 48.4 Å². The van der Waals surface area contributed by atoms with E-state index < -0.39 is 41.7 Å². The largest absolute Gasteiger partial charge is 0.483 e. The normalized spacial score (nSPS) is 21.7. The highest BCUT2D eigenvalue weighted by Gasteiger charge is 2.39. The highest BCUT2D eigenvalue weighted by atomic mass is 19.1. The Morgan fingerprint density at radius 2 is 1.79 bits per heavy atom. The number of carbonyl (C=O) groups excluding carboxylic acids is 2. The molecule has 3 amide bonds. The molecule has 1 aromatic carbocycles. The topological polar surface area (TPSA) is 125 Å². The van der Waals surface area contributed by atoms with Gasteiger partial charge in [-0.2, -0.15) is 10.2 Å². The van der Waals surface area contributed by atoms with E-state index in [4.69, 9.17) is 4.74 Å². The molecule has 2 N–H and O–H groups in total. The number of aliphatic hydroxyl groups is 1.